The Balaban J connectivity index is 0.000000346. The first-order valence-electron chi connectivity index (χ1n) is 10.3. The van der Waals surface area contributed by atoms with E-state index < -0.39 is 10.1 Å². The van der Waals surface area contributed by atoms with Crippen molar-refractivity contribution in [1.82, 2.24) is 0 Å². The Hall–Kier alpha value is -1.99. The highest BCUT2D eigenvalue weighted by atomic mass is 32.2. The highest BCUT2D eigenvalue weighted by molar-refractivity contribution is 7.85. The SMILES string of the molecule is C=Cc1ccc(COCCCCCCCCO)cc1.Cc1ccc(S(=O)(=O)O)cc1. The fourth-order valence-corrected chi connectivity index (χ4v) is 3.15. The van der Waals surface area contributed by atoms with Crippen molar-refractivity contribution in [2.45, 2.75) is 57.0 Å². The van der Waals surface area contributed by atoms with E-state index in [1.807, 2.05) is 13.0 Å². The topological polar surface area (TPSA) is 83.8 Å². The van der Waals surface area contributed by atoms with Crippen LogP contribution in [-0.2, 0) is 21.5 Å². The number of aryl methyl sites for hydroxylation is 1. The lowest BCUT2D eigenvalue weighted by Crippen LogP contribution is -1.96. The number of benzene rings is 2. The van der Waals surface area contributed by atoms with Crippen LogP contribution in [0, 0.1) is 6.92 Å². The molecule has 0 saturated heterocycles. The average molecular weight is 435 g/mol. The molecule has 6 heteroatoms. The predicted molar refractivity (Wildman–Crippen MR) is 122 cm³/mol. The van der Waals surface area contributed by atoms with Gasteiger partial charge in [-0.05, 0) is 43.0 Å². The Morgan fingerprint density at radius 2 is 1.47 bits per heavy atom. The largest absolute Gasteiger partial charge is 0.396 e. The number of rotatable bonds is 12. The third-order valence-corrected chi connectivity index (χ3v) is 5.37. The van der Waals surface area contributed by atoms with Crippen molar-refractivity contribution in [3.8, 4) is 0 Å². The van der Waals surface area contributed by atoms with E-state index in [4.69, 9.17) is 14.4 Å². The quantitative estimate of drug-likeness (QED) is 0.344. The third kappa shape index (κ3) is 11.9. The summed E-state index contributed by atoms with van der Waals surface area (Å²) in [7, 11) is -4.02. The second kappa shape index (κ2) is 14.9. The highest BCUT2D eigenvalue weighted by Crippen LogP contribution is 2.09. The number of aliphatic hydroxyl groups is 1. The molecule has 0 amide bonds. The molecule has 2 rings (SSSR count). The van der Waals surface area contributed by atoms with Crippen molar-refractivity contribution in [3.63, 3.8) is 0 Å². The smallest absolute Gasteiger partial charge is 0.294 e. The van der Waals surface area contributed by atoms with Crippen LogP contribution < -0.4 is 0 Å². The zero-order chi connectivity index (χ0) is 22.2. The van der Waals surface area contributed by atoms with Gasteiger partial charge >= 0.3 is 0 Å². The summed E-state index contributed by atoms with van der Waals surface area (Å²) in [6.07, 6.45) is 8.76. The van der Waals surface area contributed by atoms with Crippen LogP contribution in [-0.4, -0.2) is 31.3 Å². The summed E-state index contributed by atoms with van der Waals surface area (Å²) in [4.78, 5) is -0.0666. The summed E-state index contributed by atoms with van der Waals surface area (Å²) >= 11 is 0. The van der Waals surface area contributed by atoms with Gasteiger partial charge in [0.1, 0.15) is 0 Å². The zero-order valence-electron chi connectivity index (χ0n) is 17.8. The standard InChI is InChI=1S/C17H26O2.C7H8O3S/c1-2-16-9-11-17(12-10-16)15-19-14-8-6-4-3-5-7-13-18;1-6-2-4-7(5-3-6)11(8,9)10/h2,9-12,18H,1,3-8,13-15H2;2-5H,1H3,(H,8,9,10). The normalized spacial score (nSPS) is 10.9. The van der Waals surface area contributed by atoms with Gasteiger partial charge in [0.05, 0.1) is 11.5 Å². The van der Waals surface area contributed by atoms with Crippen molar-refractivity contribution >= 4 is 16.2 Å². The molecule has 0 aliphatic carbocycles. The van der Waals surface area contributed by atoms with Crippen LogP contribution in [0.15, 0.2) is 60.0 Å². The van der Waals surface area contributed by atoms with Crippen molar-refractivity contribution < 1.29 is 22.8 Å². The van der Waals surface area contributed by atoms with Gasteiger partial charge in [0, 0.05) is 13.2 Å². The second-order valence-corrected chi connectivity index (χ2v) is 8.55. The van der Waals surface area contributed by atoms with Gasteiger partial charge in [0.2, 0.25) is 0 Å². The fourth-order valence-electron chi connectivity index (χ4n) is 2.67. The van der Waals surface area contributed by atoms with Gasteiger partial charge in [-0.2, -0.15) is 8.42 Å². The number of hydrogen-bond acceptors (Lipinski definition) is 4. The summed E-state index contributed by atoms with van der Waals surface area (Å²) in [5.74, 6) is 0. The Morgan fingerprint density at radius 3 is 2.00 bits per heavy atom. The van der Waals surface area contributed by atoms with Crippen LogP contribution >= 0.6 is 0 Å². The van der Waals surface area contributed by atoms with E-state index in [1.54, 1.807) is 12.1 Å². The molecular weight excluding hydrogens is 400 g/mol. The predicted octanol–water partition coefficient (Wildman–Crippen LogP) is 5.42. The fraction of sp³-hybridized carbons (Fsp3) is 0.417. The molecule has 2 aromatic carbocycles. The van der Waals surface area contributed by atoms with Gasteiger partial charge < -0.3 is 9.84 Å². The molecule has 2 aromatic rings. The minimum absolute atomic E-state index is 0.0666. The average Bonchev–Trinajstić information content (AvgIpc) is 2.73. The van der Waals surface area contributed by atoms with Crippen LogP contribution in [0.1, 0.15) is 55.2 Å². The highest BCUT2D eigenvalue weighted by Gasteiger charge is 2.06. The van der Waals surface area contributed by atoms with Crippen LogP contribution in [0.2, 0.25) is 0 Å². The Morgan fingerprint density at radius 1 is 0.900 bits per heavy atom. The first-order valence-corrected chi connectivity index (χ1v) is 11.7. The summed E-state index contributed by atoms with van der Waals surface area (Å²) in [5, 5.41) is 8.65. The van der Waals surface area contributed by atoms with E-state index in [2.05, 4.69) is 30.8 Å². The molecule has 0 bridgehead atoms. The van der Waals surface area contributed by atoms with Gasteiger partial charge in [-0.25, -0.2) is 0 Å². The molecule has 0 aliphatic heterocycles. The molecule has 0 atom stereocenters. The Kier molecular flexibility index (Phi) is 12.9. The minimum atomic E-state index is -4.02. The van der Waals surface area contributed by atoms with Crippen LogP contribution in [0.3, 0.4) is 0 Å². The molecular formula is C24H34O5S. The summed E-state index contributed by atoms with van der Waals surface area (Å²) in [6.45, 7) is 7.44. The molecule has 2 N–H and O–H groups in total. The van der Waals surface area contributed by atoms with E-state index in [1.165, 1.54) is 37.0 Å². The van der Waals surface area contributed by atoms with E-state index in [9.17, 15) is 8.42 Å². The lowest BCUT2D eigenvalue weighted by atomic mass is 10.1. The summed E-state index contributed by atoms with van der Waals surface area (Å²) < 4.78 is 35.2. The number of unbranched alkanes of at least 4 members (excludes halogenated alkanes) is 5. The van der Waals surface area contributed by atoms with Crippen molar-refractivity contribution in [3.05, 3.63) is 71.8 Å². The number of hydrogen-bond donors (Lipinski definition) is 2. The maximum atomic E-state index is 10.5. The third-order valence-electron chi connectivity index (χ3n) is 4.50. The summed E-state index contributed by atoms with van der Waals surface area (Å²) in [6, 6.07) is 14.3. The lowest BCUT2D eigenvalue weighted by Gasteiger charge is -2.05. The summed E-state index contributed by atoms with van der Waals surface area (Å²) in [5.41, 5.74) is 3.32. The number of aliphatic hydroxyl groups excluding tert-OH is 1. The Labute approximate surface area is 181 Å². The van der Waals surface area contributed by atoms with Gasteiger partial charge in [-0.3, -0.25) is 4.55 Å². The van der Waals surface area contributed by atoms with E-state index in [0.29, 0.717) is 13.2 Å². The first-order chi connectivity index (χ1) is 14.4. The van der Waals surface area contributed by atoms with Gasteiger partial charge in [-0.15, -0.1) is 0 Å². The van der Waals surface area contributed by atoms with Gasteiger partial charge in [-0.1, -0.05) is 80.3 Å². The molecule has 0 saturated carbocycles. The maximum absolute atomic E-state index is 10.5. The Bertz CT molecular complexity index is 812. The van der Waals surface area contributed by atoms with Crippen LogP contribution in [0.4, 0.5) is 0 Å². The monoisotopic (exact) mass is 434 g/mol. The molecule has 0 aromatic heterocycles. The number of ether oxygens (including phenoxy) is 1. The molecule has 0 unspecified atom stereocenters. The van der Waals surface area contributed by atoms with Crippen LogP contribution in [0.25, 0.3) is 6.08 Å². The van der Waals surface area contributed by atoms with Crippen LogP contribution in [0.5, 0.6) is 0 Å². The zero-order valence-corrected chi connectivity index (χ0v) is 18.6. The molecule has 166 valence electrons. The molecule has 0 spiro atoms. The first kappa shape index (κ1) is 26.0. The molecule has 0 fully saturated rings. The molecule has 0 aliphatic rings. The molecule has 0 heterocycles. The molecule has 5 nitrogen and oxygen atoms in total. The molecule has 30 heavy (non-hydrogen) atoms. The van der Waals surface area contributed by atoms with Crippen molar-refractivity contribution in [2.75, 3.05) is 13.2 Å². The van der Waals surface area contributed by atoms with Crippen molar-refractivity contribution in [2.24, 2.45) is 0 Å². The lowest BCUT2D eigenvalue weighted by molar-refractivity contribution is 0.116. The van der Waals surface area contributed by atoms with E-state index >= 15 is 0 Å². The van der Waals surface area contributed by atoms with Crippen molar-refractivity contribution in [1.29, 1.82) is 0 Å². The second-order valence-electron chi connectivity index (χ2n) is 7.13. The minimum Gasteiger partial charge on any atom is -0.396 e. The molecule has 0 radical (unpaired) electrons. The van der Waals surface area contributed by atoms with E-state index in [0.717, 1.165) is 37.0 Å². The van der Waals surface area contributed by atoms with E-state index in [-0.39, 0.29) is 4.90 Å². The van der Waals surface area contributed by atoms with Gasteiger partial charge in [0.15, 0.2) is 0 Å². The van der Waals surface area contributed by atoms with Gasteiger partial charge in [0.25, 0.3) is 10.1 Å². The maximum Gasteiger partial charge on any atom is 0.294 e.